The monoisotopic (exact) mass is 291 g/mol. The molecule has 0 spiro atoms. The minimum atomic E-state index is -0.772. The Hall–Kier alpha value is -0.0900. The molecule has 0 heterocycles. The molecule has 0 radical (unpaired) electrons. The van der Waals surface area contributed by atoms with Crippen molar-refractivity contribution in [1.29, 1.82) is 0 Å². The third-order valence-corrected chi connectivity index (χ3v) is 2.99. The molecule has 0 aliphatic heterocycles. The van der Waals surface area contributed by atoms with Gasteiger partial charge < -0.3 is 10.4 Å². The molecule has 84 valence electrons. The lowest BCUT2D eigenvalue weighted by Crippen LogP contribution is -2.38. The smallest absolute Gasteiger partial charge is 0.0784 e. The van der Waals surface area contributed by atoms with E-state index in [-0.39, 0.29) is 0 Å². The molecule has 0 aliphatic rings. The summed E-state index contributed by atoms with van der Waals surface area (Å²) in [5.74, 6) is 0. The Kier molecular flexibility index (Phi) is 4.59. The highest BCUT2D eigenvalue weighted by atomic mass is 79.9. The molecule has 0 amide bonds. The summed E-state index contributed by atoms with van der Waals surface area (Å²) in [5.41, 5.74) is 0.187. The fourth-order valence-corrected chi connectivity index (χ4v) is 2.26. The number of hydrogen-bond donors (Lipinski definition) is 2. The number of hydrogen-bond acceptors (Lipinski definition) is 2. The predicted molar refractivity (Wildman–Crippen MR) is 67.4 cm³/mol. The highest BCUT2D eigenvalue weighted by Crippen LogP contribution is 2.24. The maximum atomic E-state index is 10.0. The largest absolute Gasteiger partial charge is 0.389 e. The van der Waals surface area contributed by atoms with E-state index in [1.807, 2.05) is 25.2 Å². The molecule has 4 heteroatoms. The lowest BCUT2D eigenvalue weighted by molar-refractivity contribution is 0.0623. The van der Waals surface area contributed by atoms with Crippen LogP contribution in [0, 0.1) is 0 Å². The predicted octanol–water partition coefficient (Wildman–Crippen LogP) is 2.62. The van der Waals surface area contributed by atoms with E-state index in [1.54, 1.807) is 6.92 Å². The van der Waals surface area contributed by atoms with Crippen molar-refractivity contribution in [3.8, 4) is 0 Å². The van der Waals surface area contributed by atoms with Gasteiger partial charge in [-0.05, 0) is 31.7 Å². The van der Waals surface area contributed by atoms with Crippen LogP contribution in [-0.4, -0.2) is 24.3 Å². The Balaban J connectivity index is 2.80. The van der Waals surface area contributed by atoms with Crippen molar-refractivity contribution in [3.63, 3.8) is 0 Å². The summed E-state index contributed by atoms with van der Waals surface area (Å²) in [4.78, 5) is 0. The van der Waals surface area contributed by atoms with Gasteiger partial charge in [0.1, 0.15) is 0 Å². The van der Waals surface area contributed by atoms with E-state index >= 15 is 0 Å². The maximum Gasteiger partial charge on any atom is 0.0784 e. The second kappa shape index (κ2) is 5.30. The number of halogens is 2. The van der Waals surface area contributed by atoms with Gasteiger partial charge in [0.15, 0.2) is 0 Å². The van der Waals surface area contributed by atoms with Crippen LogP contribution in [0.15, 0.2) is 22.7 Å². The van der Waals surface area contributed by atoms with Crippen LogP contribution >= 0.6 is 27.5 Å². The molecule has 0 bridgehead atoms. The van der Waals surface area contributed by atoms with Crippen molar-refractivity contribution in [3.05, 3.63) is 33.3 Å². The number of likely N-dealkylation sites (N-methyl/N-ethyl adjacent to an activating group) is 1. The molecular weight excluding hydrogens is 277 g/mol. The molecule has 0 aromatic heterocycles. The third-order valence-electron chi connectivity index (χ3n) is 2.14. The van der Waals surface area contributed by atoms with E-state index in [4.69, 9.17) is 11.6 Å². The summed E-state index contributed by atoms with van der Waals surface area (Å²) >= 11 is 9.42. The Morgan fingerprint density at radius 1 is 1.53 bits per heavy atom. The summed E-state index contributed by atoms with van der Waals surface area (Å²) in [6.45, 7) is 2.33. The fraction of sp³-hybridized carbons (Fsp3) is 0.455. The van der Waals surface area contributed by atoms with Crippen LogP contribution in [0.2, 0.25) is 5.02 Å². The standard InChI is InChI=1S/C11H15BrClNO/c1-11(15,7-14-2)6-8-3-4-9(12)5-10(8)13/h3-5,14-15H,6-7H2,1-2H3. The highest BCUT2D eigenvalue weighted by molar-refractivity contribution is 9.10. The first-order valence-electron chi connectivity index (χ1n) is 4.75. The zero-order valence-electron chi connectivity index (χ0n) is 8.85. The Morgan fingerprint density at radius 2 is 2.20 bits per heavy atom. The molecule has 0 aliphatic carbocycles. The first kappa shape index (κ1) is 13.0. The van der Waals surface area contributed by atoms with E-state index in [0.29, 0.717) is 18.0 Å². The lowest BCUT2D eigenvalue weighted by atomic mass is 9.96. The maximum absolute atomic E-state index is 10.0. The number of aliphatic hydroxyl groups is 1. The molecule has 1 atom stereocenters. The molecule has 2 nitrogen and oxygen atoms in total. The van der Waals surface area contributed by atoms with Gasteiger partial charge in [-0.1, -0.05) is 33.6 Å². The summed E-state index contributed by atoms with van der Waals surface area (Å²) in [6.07, 6.45) is 0.542. The normalized spacial score (nSPS) is 15.0. The van der Waals surface area contributed by atoms with Crippen LogP contribution in [0.4, 0.5) is 0 Å². The quantitative estimate of drug-likeness (QED) is 0.894. The van der Waals surface area contributed by atoms with Gasteiger partial charge in [0.25, 0.3) is 0 Å². The van der Waals surface area contributed by atoms with Crippen LogP contribution in [0.3, 0.4) is 0 Å². The van der Waals surface area contributed by atoms with Gasteiger partial charge in [-0.15, -0.1) is 0 Å². The molecule has 1 aromatic carbocycles. The zero-order chi connectivity index (χ0) is 11.5. The average Bonchev–Trinajstić information content (AvgIpc) is 2.09. The van der Waals surface area contributed by atoms with E-state index in [1.165, 1.54) is 0 Å². The zero-order valence-corrected chi connectivity index (χ0v) is 11.2. The molecule has 0 saturated carbocycles. The second-order valence-electron chi connectivity index (χ2n) is 3.94. The molecule has 1 unspecified atom stereocenters. The lowest BCUT2D eigenvalue weighted by Gasteiger charge is -2.23. The molecule has 1 rings (SSSR count). The molecule has 0 fully saturated rings. The first-order chi connectivity index (χ1) is 6.94. The Bertz CT molecular complexity index is 341. The van der Waals surface area contributed by atoms with Crippen molar-refractivity contribution in [2.45, 2.75) is 18.9 Å². The van der Waals surface area contributed by atoms with Gasteiger partial charge >= 0.3 is 0 Å². The van der Waals surface area contributed by atoms with E-state index in [0.717, 1.165) is 10.0 Å². The van der Waals surface area contributed by atoms with Gasteiger partial charge in [0, 0.05) is 22.5 Å². The number of benzene rings is 1. The van der Waals surface area contributed by atoms with Crippen LogP contribution in [0.5, 0.6) is 0 Å². The first-order valence-corrected chi connectivity index (χ1v) is 5.92. The van der Waals surface area contributed by atoms with Crippen LogP contribution in [0.25, 0.3) is 0 Å². The van der Waals surface area contributed by atoms with Crippen molar-refractivity contribution in [2.24, 2.45) is 0 Å². The van der Waals surface area contributed by atoms with E-state index in [2.05, 4.69) is 21.2 Å². The summed E-state index contributed by atoms with van der Waals surface area (Å²) in [5, 5.41) is 13.7. The summed E-state index contributed by atoms with van der Waals surface area (Å²) in [7, 11) is 1.82. The fourth-order valence-electron chi connectivity index (χ4n) is 1.52. The van der Waals surface area contributed by atoms with Crippen molar-refractivity contribution in [2.75, 3.05) is 13.6 Å². The molecule has 0 saturated heterocycles. The summed E-state index contributed by atoms with van der Waals surface area (Å²) < 4.78 is 0.949. The third kappa shape index (κ3) is 4.11. The van der Waals surface area contributed by atoms with Crippen LogP contribution < -0.4 is 5.32 Å². The average molecular weight is 293 g/mol. The molecule has 1 aromatic rings. The van der Waals surface area contributed by atoms with Crippen molar-refractivity contribution >= 4 is 27.5 Å². The second-order valence-corrected chi connectivity index (χ2v) is 5.26. The molecule has 15 heavy (non-hydrogen) atoms. The molecule has 2 N–H and O–H groups in total. The van der Waals surface area contributed by atoms with Gasteiger partial charge in [0.05, 0.1) is 5.60 Å². The molecular formula is C11H15BrClNO. The Labute approximate surface area is 104 Å². The summed E-state index contributed by atoms with van der Waals surface area (Å²) in [6, 6.07) is 5.69. The van der Waals surface area contributed by atoms with E-state index < -0.39 is 5.60 Å². The van der Waals surface area contributed by atoms with Gasteiger partial charge in [0.2, 0.25) is 0 Å². The van der Waals surface area contributed by atoms with E-state index in [9.17, 15) is 5.11 Å². The topological polar surface area (TPSA) is 32.3 Å². The van der Waals surface area contributed by atoms with Crippen molar-refractivity contribution in [1.82, 2.24) is 5.32 Å². The Morgan fingerprint density at radius 3 is 2.73 bits per heavy atom. The SMILES string of the molecule is CNCC(C)(O)Cc1ccc(Br)cc1Cl. The number of rotatable bonds is 4. The van der Waals surface area contributed by atoms with Gasteiger partial charge in [-0.3, -0.25) is 0 Å². The van der Waals surface area contributed by atoms with Gasteiger partial charge in [-0.25, -0.2) is 0 Å². The van der Waals surface area contributed by atoms with Gasteiger partial charge in [-0.2, -0.15) is 0 Å². The van der Waals surface area contributed by atoms with Crippen LogP contribution in [-0.2, 0) is 6.42 Å². The minimum absolute atomic E-state index is 0.541. The number of nitrogens with one attached hydrogen (secondary N) is 1. The van der Waals surface area contributed by atoms with Crippen LogP contribution in [0.1, 0.15) is 12.5 Å². The van der Waals surface area contributed by atoms with Crippen molar-refractivity contribution < 1.29 is 5.11 Å². The highest BCUT2D eigenvalue weighted by Gasteiger charge is 2.21. The minimum Gasteiger partial charge on any atom is -0.389 e.